The Hall–Kier alpha value is -0.380. The first-order valence-corrected chi connectivity index (χ1v) is 8.07. The van der Waals surface area contributed by atoms with E-state index in [2.05, 4.69) is 50.0 Å². The summed E-state index contributed by atoms with van der Waals surface area (Å²) in [5.41, 5.74) is 0. The minimum absolute atomic E-state index is 0.493. The molecule has 1 aromatic heterocycles. The van der Waals surface area contributed by atoms with Gasteiger partial charge in [-0.15, -0.1) is 11.3 Å². The van der Waals surface area contributed by atoms with E-state index in [0.29, 0.717) is 6.04 Å². The van der Waals surface area contributed by atoms with Crippen LogP contribution in [-0.2, 0) is 6.42 Å². The van der Waals surface area contributed by atoms with Crippen LogP contribution in [0.2, 0.25) is 0 Å². The van der Waals surface area contributed by atoms with E-state index in [4.69, 9.17) is 0 Å². The number of nitrogens with zero attached hydrogens (tertiary/aromatic N) is 1. The minimum Gasteiger partial charge on any atom is -0.309 e. The summed E-state index contributed by atoms with van der Waals surface area (Å²) in [7, 11) is 0. The number of rotatable bonds is 9. The fourth-order valence-corrected chi connectivity index (χ4v) is 3.06. The lowest BCUT2D eigenvalue weighted by molar-refractivity contribution is 0.296. The summed E-state index contributed by atoms with van der Waals surface area (Å²) in [6, 6.07) is 5.02. The first-order valence-electron chi connectivity index (χ1n) is 7.25. The molecular formula is C15H28N2S. The lowest BCUT2D eigenvalue weighted by Gasteiger charge is -2.18. The number of hydrogen-bond donors (Lipinski definition) is 1. The van der Waals surface area contributed by atoms with E-state index in [1.165, 1.54) is 22.7 Å². The normalized spacial score (nSPS) is 13.2. The Bertz CT molecular complexity index is 318. The van der Waals surface area contributed by atoms with Gasteiger partial charge in [-0.25, -0.2) is 0 Å². The Labute approximate surface area is 116 Å². The quantitative estimate of drug-likeness (QED) is 0.687. The summed E-state index contributed by atoms with van der Waals surface area (Å²) in [5, 5.41) is 3.62. The van der Waals surface area contributed by atoms with Crippen LogP contribution in [0.1, 0.15) is 49.9 Å². The highest BCUT2D eigenvalue weighted by molar-refractivity contribution is 7.12. The Balaban J connectivity index is 2.22. The van der Waals surface area contributed by atoms with Gasteiger partial charge in [-0.3, -0.25) is 0 Å². The lowest BCUT2D eigenvalue weighted by atomic mass is 10.2. The summed E-state index contributed by atoms with van der Waals surface area (Å²) in [4.78, 5) is 5.43. The van der Waals surface area contributed by atoms with Gasteiger partial charge in [-0.2, -0.15) is 0 Å². The molecule has 0 aromatic carbocycles. The molecule has 1 heterocycles. The molecule has 1 unspecified atom stereocenters. The van der Waals surface area contributed by atoms with Crippen molar-refractivity contribution in [2.75, 3.05) is 26.2 Å². The SMILES string of the molecule is CCc1ccc(C(C)NCCCN(CC)CC)s1. The zero-order chi connectivity index (χ0) is 13.4. The van der Waals surface area contributed by atoms with E-state index >= 15 is 0 Å². The Morgan fingerprint density at radius 2 is 1.94 bits per heavy atom. The van der Waals surface area contributed by atoms with Crippen LogP contribution in [0.15, 0.2) is 12.1 Å². The molecule has 0 fully saturated rings. The van der Waals surface area contributed by atoms with E-state index in [9.17, 15) is 0 Å². The van der Waals surface area contributed by atoms with Gasteiger partial charge in [-0.05, 0) is 58.1 Å². The maximum Gasteiger partial charge on any atom is 0.0386 e. The topological polar surface area (TPSA) is 15.3 Å². The molecule has 0 spiro atoms. The second-order valence-electron chi connectivity index (χ2n) is 4.71. The van der Waals surface area contributed by atoms with Gasteiger partial charge in [0.05, 0.1) is 0 Å². The molecule has 1 rings (SSSR count). The maximum absolute atomic E-state index is 3.62. The van der Waals surface area contributed by atoms with Crippen LogP contribution in [0.5, 0.6) is 0 Å². The lowest BCUT2D eigenvalue weighted by Crippen LogP contribution is -2.28. The molecule has 1 N–H and O–H groups in total. The maximum atomic E-state index is 3.62. The summed E-state index contributed by atoms with van der Waals surface area (Å²) in [5.74, 6) is 0. The Morgan fingerprint density at radius 1 is 1.22 bits per heavy atom. The van der Waals surface area contributed by atoms with Gasteiger partial charge in [0.1, 0.15) is 0 Å². The first-order chi connectivity index (χ1) is 8.71. The van der Waals surface area contributed by atoms with Crippen molar-refractivity contribution in [3.8, 4) is 0 Å². The van der Waals surface area contributed by atoms with Crippen molar-refractivity contribution in [2.24, 2.45) is 0 Å². The number of aryl methyl sites for hydroxylation is 1. The van der Waals surface area contributed by atoms with Crippen LogP contribution in [-0.4, -0.2) is 31.1 Å². The molecule has 1 atom stereocenters. The molecule has 0 bridgehead atoms. The van der Waals surface area contributed by atoms with Crippen LogP contribution < -0.4 is 5.32 Å². The van der Waals surface area contributed by atoms with Crippen LogP contribution in [0.4, 0.5) is 0 Å². The molecule has 18 heavy (non-hydrogen) atoms. The van der Waals surface area contributed by atoms with Gasteiger partial charge in [-0.1, -0.05) is 20.8 Å². The highest BCUT2D eigenvalue weighted by atomic mass is 32.1. The summed E-state index contributed by atoms with van der Waals surface area (Å²) < 4.78 is 0. The van der Waals surface area contributed by atoms with E-state index in [0.717, 1.165) is 26.1 Å². The van der Waals surface area contributed by atoms with Crippen molar-refractivity contribution in [3.05, 3.63) is 21.9 Å². The third kappa shape index (κ3) is 5.09. The van der Waals surface area contributed by atoms with Crippen LogP contribution in [0.3, 0.4) is 0 Å². The zero-order valence-corrected chi connectivity index (χ0v) is 13.1. The molecule has 0 saturated heterocycles. The van der Waals surface area contributed by atoms with Gasteiger partial charge < -0.3 is 10.2 Å². The standard InChI is InChI=1S/C15H28N2S/c1-5-14-9-10-15(18-14)13(4)16-11-8-12-17(6-2)7-3/h9-10,13,16H,5-8,11-12H2,1-4H3. The smallest absolute Gasteiger partial charge is 0.0386 e. The second-order valence-corrected chi connectivity index (χ2v) is 5.91. The van der Waals surface area contributed by atoms with Crippen molar-refractivity contribution >= 4 is 11.3 Å². The van der Waals surface area contributed by atoms with E-state index < -0.39 is 0 Å². The first kappa shape index (κ1) is 15.7. The Morgan fingerprint density at radius 3 is 2.50 bits per heavy atom. The molecule has 104 valence electrons. The number of nitrogens with one attached hydrogen (secondary N) is 1. The van der Waals surface area contributed by atoms with Crippen LogP contribution in [0, 0.1) is 0 Å². The molecule has 3 heteroatoms. The van der Waals surface area contributed by atoms with E-state index in [1.807, 2.05) is 11.3 Å². The van der Waals surface area contributed by atoms with E-state index in [1.54, 1.807) is 0 Å². The average molecular weight is 268 g/mol. The molecular weight excluding hydrogens is 240 g/mol. The summed E-state index contributed by atoms with van der Waals surface area (Å²) in [6.07, 6.45) is 2.39. The Kier molecular flexibility index (Phi) is 7.56. The van der Waals surface area contributed by atoms with Crippen molar-refractivity contribution in [3.63, 3.8) is 0 Å². The zero-order valence-electron chi connectivity index (χ0n) is 12.3. The molecule has 1 aromatic rings. The third-order valence-electron chi connectivity index (χ3n) is 3.45. The van der Waals surface area contributed by atoms with Crippen LogP contribution >= 0.6 is 11.3 Å². The molecule has 0 amide bonds. The molecule has 0 radical (unpaired) electrons. The molecule has 0 aliphatic rings. The summed E-state index contributed by atoms with van der Waals surface area (Å²) in [6.45, 7) is 13.6. The van der Waals surface area contributed by atoms with Gasteiger partial charge in [0.25, 0.3) is 0 Å². The largest absolute Gasteiger partial charge is 0.309 e. The third-order valence-corrected chi connectivity index (χ3v) is 4.87. The van der Waals surface area contributed by atoms with Crippen molar-refractivity contribution in [1.29, 1.82) is 0 Å². The van der Waals surface area contributed by atoms with Crippen molar-refractivity contribution in [1.82, 2.24) is 10.2 Å². The molecule has 2 nitrogen and oxygen atoms in total. The fraction of sp³-hybridized carbons (Fsp3) is 0.733. The number of thiophene rings is 1. The minimum atomic E-state index is 0.493. The predicted octanol–water partition coefficient (Wildman–Crippen LogP) is 3.69. The van der Waals surface area contributed by atoms with Gasteiger partial charge in [0.15, 0.2) is 0 Å². The van der Waals surface area contributed by atoms with Crippen LogP contribution in [0.25, 0.3) is 0 Å². The average Bonchev–Trinajstić information content (AvgIpc) is 2.87. The second kappa shape index (κ2) is 8.68. The molecule has 0 saturated carbocycles. The summed E-state index contributed by atoms with van der Waals surface area (Å²) >= 11 is 1.94. The van der Waals surface area contributed by atoms with Gasteiger partial charge >= 0.3 is 0 Å². The predicted molar refractivity (Wildman–Crippen MR) is 82.5 cm³/mol. The molecule has 0 aliphatic carbocycles. The van der Waals surface area contributed by atoms with Gasteiger partial charge in [0.2, 0.25) is 0 Å². The highest BCUT2D eigenvalue weighted by Gasteiger charge is 2.07. The van der Waals surface area contributed by atoms with Gasteiger partial charge in [0, 0.05) is 15.8 Å². The highest BCUT2D eigenvalue weighted by Crippen LogP contribution is 2.23. The van der Waals surface area contributed by atoms with E-state index in [-0.39, 0.29) is 0 Å². The van der Waals surface area contributed by atoms with Crippen molar-refractivity contribution in [2.45, 2.75) is 46.6 Å². The van der Waals surface area contributed by atoms with Crippen molar-refractivity contribution < 1.29 is 0 Å². The fourth-order valence-electron chi connectivity index (χ4n) is 2.08. The molecule has 0 aliphatic heterocycles. The number of hydrogen-bond acceptors (Lipinski definition) is 3. The monoisotopic (exact) mass is 268 g/mol.